The Labute approximate surface area is 230 Å². The summed E-state index contributed by atoms with van der Waals surface area (Å²) in [5.41, 5.74) is 15.7. The second-order valence-electron chi connectivity index (χ2n) is 8.71. The zero-order chi connectivity index (χ0) is 27.1. The largest absolute Gasteiger partial charge is 0.493 e. The van der Waals surface area contributed by atoms with Crippen LogP contribution < -0.4 is 25.8 Å². The van der Waals surface area contributed by atoms with Gasteiger partial charge in [-0.25, -0.2) is 0 Å². The third kappa shape index (κ3) is 6.52. The number of ether oxygens (including phenoxy) is 2. The molecule has 4 aromatic rings. The number of rotatable bonds is 11. The number of amides is 1. The van der Waals surface area contributed by atoms with Crippen LogP contribution in [-0.4, -0.2) is 18.9 Å². The van der Waals surface area contributed by atoms with Gasteiger partial charge in [0.25, 0.3) is 0 Å². The van der Waals surface area contributed by atoms with Crippen molar-refractivity contribution in [2.45, 2.75) is 19.2 Å². The molecule has 0 bridgehead atoms. The fourth-order valence-corrected chi connectivity index (χ4v) is 4.65. The molecule has 1 atom stereocenters. The Balaban J connectivity index is 1.69. The summed E-state index contributed by atoms with van der Waals surface area (Å²) in [7, 11) is 1.56. The SMILES string of the molecule is COc1cc(C(C(N)=O)N(Cc2ccccc2)c2ccc(C(=N)N)cc2)ccc1OCc1cccc(Br)c1. The number of benzene rings is 4. The summed E-state index contributed by atoms with van der Waals surface area (Å²) in [6.07, 6.45) is 0. The Morgan fingerprint density at radius 2 is 1.61 bits per heavy atom. The summed E-state index contributed by atoms with van der Waals surface area (Å²) in [5.74, 6) is 0.512. The normalized spacial score (nSPS) is 11.4. The molecule has 5 N–H and O–H groups in total. The molecule has 0 radical (unpaired) electrons. The predicted octanol–water partition coefficient (Wildman–Crippen LogP) is 5.55. The quantitative estimate of drug-likeness (QED) is 0.161. The highest BCUT2D eigenvalue weighted by Crippen LogP contribution is 2.35. The summed E-state index contributed by atoms with van der Waals surface area (Å²) >= 11 is 3.48. The number of nitrogens with zero attached hydrogens (tertiary/aromatic N) is 1. The van der Waals surface area contributed by atoms with E-state index in [1.807, 2.05) is 77.7 Å². The lowest BCUT2D eigenvalue weighted by atomic mass is 10.0. The second-order valence-corrected chi connectivity index (χ2v) is 9.62. The first-order valence-electron chi connectivity index (χ1n) is 11.9. The van der Waals surface area contributed by atoms with E-state index in [9.17, 15) is 4.79 Å². The zero-order valence-corrected chi connectivity index (χ0v) is 22.5. The molecule has 0 heterocycles. The summed E-state index contributed by atoms with van der Waals surface area (Å²) in [5, 5.41) is 7.71. The lowest BCUT2D eigenvalue weighted by Gasteiger charge is -2.32. The van der Waals surface area contributed by atoms with Crippen LogP contribution in [0.5, 0.6) is 11.5 Å². The number of hydrogen-bond donors (Lipinski definition) is 3. The lowest BCUT2D eigenvalue weighted by Crippen LogP contribution is -2.37. The molecule has 8 heteroatoms. The molecule has 0 saturated heterocycles. The van der Waals surface area contributed by atoms with Gasteiger partial charge in [-0.15, -0.1) is 0 Å². The van der Waals surface area contributed by atoms with E-state index in [4.69, 9.17) is 26.4 Å². The number of halogens is 1. The fraction of sp³-hybridized carbons (Fsp3) is 0.133. The van der Waals surface area contributed by atoms with Crippen LogP contribution in [0.4, 0.5) is 5.69 Å². The van der Waals surface area contributed by atoms with Crippen molar-refractivity contribution in [3.05, 3.63) is 124 Å². The molecule has 0 spiro atoms. The molecule has 0 fully saturated rings. The van der Waals surface area contributed by atoms with Crippen LogP contribution in [0.1, 0.15) is 28.3 Å². The molecule has 7 nitrogen and oxygen atoms in total. The summed E-state index contributed by atoms with van der Waals surface area (Å²) in [6.45, 7) is 0.786. The van der Waals surface area contributed by atoms with Crippen LogP contribution in [0.3, 0.4) is 0 Å². The van der Waals surface area contributed by atoms with Gasteiger partial charge in [0.1, 0.15) is 18.5 Å². The van der Waals surface area contributed by atoms with E-state index in [1.54, 1.807) is 31.4 Å². The summed E-state index contributed by atoms with van der Waals surface area (Å²) < 4.78 is 12.6. The number of nitrogen functional groups attached to an aromatic ring is 1. The van der Waals surface area contributed by atoms with Crippen molar-refractivity contribution in [3.8, 4) is 11.5 Å². The van der Waals surface area contributed by atoms with Crippen molar-refractivity contribution in [1.29, 1.82) is 5.41 Å². The molecule has 38 heavy (non-hydrogen) atoms. The van der Waals surface area contributed by atoms with Gasteiger partial charge in [0.15, 0.2) is 11.5 Å². The van der Waals surface area contributed by atoms with E-state index in [0.29, 0.717) is 35.8 Å². The number of hydrogen-bond acceptors (Lipinski definition) is 5. The third-order valence-electron chi connectivity index (χ3n) is 6.07. The van der Waals surface area contributed by atoms with Crippen molar-refractivity contribution in [2.75, 3.05) is 12.0 Å². The highest BCUT2D eigenvalue weighted by molar-refractivity contribution is 9.10. The van der Waals surface area contributed by atoms with Gasteiger partial charge in [-0.2, -0.15) is 0 Å². The van der Waals surface area contributed by atoms with Crippen molar-refractivity contribution in [3.63, 3.8) is 0 Å². The molecule has 194 valence electrons. The average Bonchev–Trinajstić information content (AvgIpc) is 2.92. The standard InChI is InChI=1S/C30H29BrN4O3/c1-37-27-17-23(12-15-26(27)38-19-21-8-5-9-24(31)16-21)28(30(34)36)35(18-20-6-3-2-4-7-20)25-13-10-22(11-14-25)29(32)33/h2-17,28H,18-19H2,1H3,(H3,32,33)(H2,34,36). The molecular formula is C30H29BrN4O3. The smallest absolute Gasteiger partial charge is 0.244 e. The topological polar surface area (TPSA) is 115 Å². The third-order valence-corrected chi connectivity index (χ3v) is 6.57. The number of carbonyl (C=O) groups is 1. The highest BCUT2D eigenvalue weighted by atomic mass is 79.9. The number of amidine groups is 1. The molecule has 0 saturated carbocycles. The van der Waals surface area contributed by atoms with Crippen LogP contribution in [-0.2, 0) is 17.9 Å². The van der Waals surface area contributed by atoms with Crippen LogP contribution in [0.25, 0.3) is 0 Å². The van der Waals surface area contributed by atoms with Crippen molar-refractivity contribution < 1.29 is 14.3 Å². The Morgan fingerprint density at radius 1 is 0.895 bits per heavy atom. The number of nitrogens with one attached hydrogen (secondary N) is 1. The van der Waals surface area contributed by atoms with Gasteiger partial charge in [-0.3, -0.25) is 10.2 Å². The maximum atomic E-state index is 13.0. The minimum absolute atomic E-state index is 0.0270. The van der Waals surface area contributed by atoms with E-state index in [0.717, 1.165) is 21.3 Å². The van der Waals surface area contributed by atoms with Gasteiger partial charge in [0.05, 0.1) is 7.11 Å². The van der Waals surface area contributed by atoms with Crippen molar-refractivity contribution in [2.24, 2.45) is 11.5 Å². The van der Waals surface area contributed by atoms with Crippen LogP contribution >= 0.6 is 15.9 Å². The zero-order valence-electron chi connectivity index (χ0n) is 20.9. The minimum Gasteiger partial charge on any atom is -0.493 e. The number of methoxy groups -OCH3 is 1. The summed E-state index contributed by atoms with van der Waals surface area (Å²) in [6, 6.07) is 29.5. The second kappa shape index (κ2) is 12.3. The Bertz CT molecular complexity index is 1410. The van der Waals surface area contributed by atoms with Gasteiger partial charge in [-0.05, 0) is 65.2 Å². The average molecular weight is 573 g/mol. The van der Waals surface area contributed by atoms with E-state index in [1.165, 1.54) is 0 Å². The molecule has 0 aliphatic rings. The molecule has 1 amide bonds. The molecular weight excluding hydrogens is 544 g/mol. The number of primary amides is 1. The van der Waals surface area contributed by atoms with Crippen LogP contribution in [0.2, 0.25) is 0 Å². The fourth-order valence-electron chi connectivity index (χ4n) is 4.20. The monoisotopic (exact) mass is 572 g/mol. The first kappa shape index (κ1) is 26.8. The van der Waals surface area contributed by atoms with Crippen LogP contribution in [0.15, 0.2) is 102 Å². The predicted molar refractivity (Wildman–Crippen MR) is 153 cm³/mol. The van der Waals surface area contributed by atoms with E-state index in [-0.39, 0.29) is 5.84 Å². The maximum absolute atomic E-state index is 13.0. The van der Waals surface area contributed by atoms with E-state index >= 15 is 0 Å². The Kier molecular flexibility index (Phi) is 8.66. The lowest BCUT2D eigenvalue weighted by molar-refractivity contribution is -0.119. The molecule has 0 aliphatic carbocycles. The maximum Gasteiger partial charge on any atom is 0.244 e. The van der Waals surface area contributed by atoms with Crippen molar-refractivity contribution in [1.82, 2.24) is 0 Å². The molecule has 1 unspecified atom stereocenters. The van der Waals surface area contributed by atoms with Gasteiger partial charge < -0.3 is 25.8 Å². The van der Waals surface area contributed by atoms with Crippen LogP contribution in [0, 0.1) is 5.41 Å². The van der Waals surface area contributed by atoms with Gasteiger partial charge in [0.2, 0.25) is 5.91 Å². The van der Waals surface area contributed by atoms with E-state index < -0.39 is 11.9 Å². The van der Waals surface area contributed by atoms with Gasteiger partial charge in [-0.1, -0.05) is 64.5 Å². The number of carbonyl (C=O) groups excluding carboxylic acids is 1. The first-order valence-corrected chi connectivity index (χ1v) is 12.7. The number of nitrogens with two attached hydrogens (primary N) is 2. The number of anilines is 1. The molecule has 0 aliphatic heterocycles. The van der Waals surface area contributed by atoms with Gasteiger partial charge >= 0.3 is 0 Å². The van der Waals surface area contributed by atoms with E-state index in [2.05, 4.69) is 15.9 Å². The highest BCUT2D eigenvalue weighted by Gasteiger charge is 2.28. The minimum atomic E-state index is -0.800. The first-order chi connectivity index (χ1) is 18.4. The molecule has 4 aromatic carbocycles. The molecule has 4 rings (SSSR count). The Morgan fingerprint density at radius 3 is 2.24 bits per heavy atom. The Hall–Kier alpha value is -4.30. The summed E-state index contributed by atoms with van der Waals surface area (Å²) in [4.78, 5) is 14.9. The van der Waals surface area contributed by atoms with Crippen molar-refractivity contribution >= 4 is 33.4 Å². The molecule has 0 aromatic heterocycles. The van der Waals surface area contributed by atoms with Gasteiger partial charge in [0, 0.05) is 22.3 Å².